The molecule has 0 radical (unpaired) electrons. The molecule has 0 saturated heterocycles. The van der Waals surface area contributed by atoms with Gasteiger partial charge in [0, 0.05) is 16.3 Å². The maximum absolute atomic E-state index is 12.6. The third kappa shape index (κ3) is 4.21. The van der Waals surface area contributed by atoms with Gasteiger partial charge in [-0.1, -0.05) is 54.1 Å². The largest absolute Gasteiger partial charge is 0.334 e. The van der Waals surface area contributed by atoms with E-state index in [0.717, 1.165) is 21.2 Å². The summed E-state index contributed by atoms with van der Waals surface area (Å²) in [6.45, 7) is 2.00. The van der Waals surface area contributed by atoms with Crippen LogP contribution in [0.2, 0.25) is 0 Å². The van der Waals surface area contributed by atoms with E-state index in [4.69, 9.17) is 0 Å². The normalized spacial score (nSPS) is 10.8. The Morgan fingerprint density at radius 2 is 1.73 bits per heavy atom. The van der Waals surface area contributed by atoms with Crippen molar-refractivity contribution in [3.8, 4) is 5.69 Å². The summed E-state index contributed by atoms with van der Waals surface area (Å²) >= 11 is 1.38. The van der Waals surface area contributed by atoms with Gasteiger partial charge in [0.15, 0.2) is 0 Å². The minimum absolute atomic E-state index is 0.134. The average molecular weight is 417 g/mol. The Morgan fingerprint density at radius 3 is 2.53 bits per heavy atom. The quantitative estimate of drug-likeness (QED) is 0.485. The van der Waals surface area contributed by atoms with Gasteiger partial charge in [0.05, 0.1) is 11.4 Å². The van der Waals surface area contributed by atoms with Crippen molar-refractivity contribution in [2.75, 3.05) is 11.1 Å². The lowest BCUT2D eigenvalue weighted by atomic mass is 10.1. The number of anilines is 1. The summed E-state index contributed by atoms with van der Waals surface area (Å²) < 4.78 is 1.32. The van der Waals surface area contributed by atoms with Gasteiger partial charge < -0.3 is 5.32 Å². The number of carbonyl (C=O) groups excluding carboxylic acids is 1. The predicted octanol–water partition coefficient (Wildman–Crippen LogP) is 3.72. The molecule has 30 heavy (non-hydrogen) atoms. The minimum atomic E-state index is -0.611. The lowest BCUT2D eigenvalue weighted by Gasteiger charge is -2.15. The molecular weight excluding hydrogens is 398 g/mol. The molecule has 4 rings (SSSR count). The van der Waals surface area contributed by atoms with Crippen molar-refractivity contribution in [3.63, 3.8) is 0 Å². The van der Waals surface area contributed by atoms with Crippen molar-refractivity contribution in [3.05, 3.63) is 99.2 Å². The van der Waals surface area contributed by atoms with Crippen LogP contribution < -0.4 is 16.6 Å². The highest BCUT2D eigenvalue weighted by atomic mass is 32.2. The van der Waals surface area contributed by atoms with Gasteiger partial charge in [-0.2, -0.15) is 0 Å². The van der Waals surface area contributed by atoms with Gasteiger partial charge in [0.1, 0.15) is 5.82 Å². The first-order valence-corrected chi connectivity index (χ1v) is 10.3. The van der Waals surface area contributed by atoms with Crippen molar-refractivity contribution in [1.82, 2.24) is 9.55 Å². The van der Waals surface area contributed by atoms with Crippen LogP contribution in [0.5, 0.6) is 0 Å². The molecule has 0 aliphatic heterocycles. The van der Waals surface area contributed by atoms with E-state index in [2.05, 4.69) is 10.3 Å². The second-order valence-corrected chi connectivity index (χ2v) is 7.86. The molecule has 0 saturated carbocycles. The number of fused-ring (bicyclic) bond motifs is 1. The van der Waals surface area contributed by atoms with E-state index in [1.54, 1.807) is 6.07 Å². The number of benzene rings is 3. The van der Waals surface area contributed by atoms with Crippen molar-refractivity contribution in [2.45, 2.75) is 11.8 Å². The molecule has 0 spiro atoms. The van der Waals surface area contributed by atoms with Crippen LogP contribution in [0.3, 0.4) is 0 Å². The SMILES string of the molecule is Cc1ccc(SCC(=O)Nc2cc(=O)[nH]c(=O)n2-c2cccc3ccccc23)cc1. The second-order valence-electron chi connectivity index (χ2n) is 6.81. The highest BCUT2D eigenvalue weighted by molar-refractivity contribution is 8.00. The van der Waals surface area contributed by atoms with E-state index in [0.29, 0.717) is 5.69 Å². The lowest BCUT2D eigenvalue weighted by molar-refractivity contribution is -0.113. The van der Waals surface area contributed by atoms with E-state index in [1.165, 1.54) is 22.4 Å². The lowest BCUT2D eigenvalue weighted by Crippen LogP contribution is -2.32. The van der Waals surface area contributed by atoms with Gasteiger partial charge in [0.2, 0.25) is 5.91 Å². The predicted molar refractivity (Wildman–Crippen MR) is 121 cm³/mol. The molecule has 7 heteroatoms. The van der Waals surface area contributed by atoms with Crippen molar-refractivity contribution in [1.29, 1.82) is 0 Å². The molecule has 150 valence electrons. The molecule has 2 N–H and O–H groups in total. The van der Waals surface area contributed by atoms with Crippen molar-refractivity contribution >= 4 is 34.3 Å². The van der Waals surface area contributed by atoms with Crippen molar-refractivity contribution in [2.24, 2.45) is 0 Å². The minimum Gasteiger partial charge on any atom is -0.311 e. The summed E-state index contributed by atoms with van der Waals surface area (Å²) in [5, 5.41) is 4.50. The molecule has 0 unspecified atom stereocenters. The fraction of sp³-hybridized carbons (Fsp3) is 0.0870. The summed E-state index contributed by atoms with van der Waals surface area (Å²) in [7, 11) is 0. The number of rotatable bonds is 5. The Morgan fingerprint density at radius 1 is 1.00 bits per heavy atom. The third-order valence-electron chi connectivity index (χ3n) is 4.61. The van der Waals surface area contributed by atoms with Crippen LogP contribution in [0.4, 0.5) is 5.82 Å². The number of carbonyl (C=O) groups is 1. The Hall–Kier alpha value is -3.58. The van der Waals surface area contributed by atoms with Gasteiger partial charge in [-0.05, 0) is 30.5 Å². The molecule has 0 bridgehead atoms. The van der Waals surface area contributed by atoms with E-state index in [1.807, 2.05) is 67.6 Å². The van der Waals surface area contributed by atoms with Crippen LogP contribution in [0.25, 0.3) is 16.5 Å². The topological polar surface area (TPSA) is 84.0 Å². The molecule has 1 heterocycles. The molecular formula is C23H19N3O3S. The first-order valence-electron chi connectivity index (χ1n) is 9.35. The number of aromatic amines is 1. The van der Waals surface area contributed by atoms with Crippen LogP contribution in [-0.4, -0.2) is 21.2 Å². The molecule has 0 fully saturated rings. The number of H-pyrrole nitrogens is 1. The fourth-order valence-corrected chi connectivity index (χ4v) is 3.89. The number of nitrogens with one attached hydrogen (secondary N) is 2. The van der Waals surface area contributed by atoms with Crippen LogP contribution in [0.1, 0.15) is 5.56 Å². The summed E-state index contributed by atoms with van der Waals surface area (Å²) in [6.07, 6.45) is 0. The summed E-state index contributed by atoms with van der Waals surface area (Å²) in [5.74, 6) is -0.0197. The van der Waals surface area contributed by atoms with Crippen molar-refractivity contribution < 1.29 is 4.79 Å². The number of aromatic nitrogens is 2. The first kappa shape index (κ1) is 19.7. The maximum Gasteiger partial charge on any atom is 0.334 e. The molecule has 6 nitrogen and oxygen atoms in total. The van der Waals surface area contributed by atoms with Gasteiger partial charge in [0.25, 0.3) is 5.56 Å². The molecule has 0 aliphatic carbocycles. The number of hydrogen-bond acceptors (Lipinski definition) is 4. The van der Waals surface area contributed by atoms with E-state index < -0.39 is 11.2 Å². The maximum atomic E-state index is 12.6. The highest BCUT2D eigenvalue weighted by Crippen LogP contribution is 2.23. The molecule has 0 aliphatic rings. The Kier molecular flexibility index (Phi) is 5.54. The van der Waals surface area contributed by atoms with Crippen LogP contribution in [0, 0.1) is 6.92 Å². The number of thioether (sulfide) groups is 1. The van der Waals surface area contributed by atoms with Crippen LogP contribution in [-0.2, 0) is 4.79 Å². The zero-order valence-corrected chi connectivity index (χ0v) is 17.0. The third-order valence-corrected chi connectivity index (χ3v) is 5.62. The number of amides is 1. The Labute approximate surface area is 176 Å². The fourth-order valence-electron chi connectivity index (χ4n) is 3.19. The molecule has 1 aromatic heterocycles. The molecule has 1 amide bonds. The zero-order valence-electron chi connectivity index (χ0n) is 16.2. The first-order chi connectivity index (χ1) is 14.5. The van der Waals surface area contributed by atoms with Crippen LogP contribution >= 0.6 is 11.8 Å². The van der Waals surface area contributed by atoms with Gasteiger partial charge in [-0.3, -0.25) is 14.6 Å². The average Bonchev–Trinajstić information content (AvgIpc) is 2.73. The Bertz CT molecular complexity index is 1340. The number of aryl methyl sites for hydroxylation is 1. The van der Waals surface area contributed by atoms with E-state index >= 15 is 0 Å². The second kappa shape index (κ2) is 8.42. The number of nitrogens with zero attached hydrogens (tertiary/aromatic N) is 1. The molecule has 3 aromatic carbocycles. The van der Waals surface area contributed by atoms with Crippen LogP contribution in [0.15, 0.2) is 87.3 Å². The molecule has 4 aromatic rings. The highest BCUT2D eigenvalue weighted by Gasteiger charge is 2.14. The Balaban J connectivity index is 1.67. The van der Waals surface area contributed by atoms with Gasteiger partial charge >= 0.3 is 5.69 Å². The summed E-state index contributed by atoms with van der Waals surface area (Å²) in [4.78, 5) is 40.4. The van der Waals surface area contributed by atoms with E-state index in [9.17, 15) is 14.4 Å². The standard InChI is InChI=1S/C23H19N3O3S/c1-15-9-11-17(12-10-15)30-14-22(28)24-20-13-21(27)25-23(29)26(20)19-8-4-6-16-5-2-3-7-18(16)19/h2-13H,14H2,1H3,(H,24,28)(H,25,27,29). The number of hydrogen-bond donors (Lipinski definition) is 2. The molecule has 0 atom stereocenters. The zero-order chi connectivity index (χ0) is 21.1. The summed E-state index contributed by atoms with van der Waals surface area (Å²) in [6, 6.07) is 22.2. The van der Waals surface area contributed by atoms with E-state index in [-0.39, 0.29) is 17.5 Å². The summed E-state index contributed by atoms with van der Waals surface area (Å²) in [5.41, 5.74) is 0.542. The van der Waals surface area contributed by atoms with Gasteiger partial charge in [-0.25, -0.2) is 9.36 Å². The monoisotopic (exact) mass is 417 g/mol. The van der Waals surface area contributed by atoms with Gasteiger partial charge in [-0.15, -0.1) is 11.8 Å². The smallest absolute Gasteiger partial charge is 0.311 e.